The second kappa shape index (κ2) is 7.57. The monoisotopic (exact) mass is 354 g/mol. The molecule has 25 heavy (non-hydrogen) atoms. The highest BCUT2D eigenvalue weighted by atomic mass is 32.1. The molecule has 1 amide bonds. The Morgan fingerprint density at radius 3 is 2.44 bits per heavy atom. The number of aromatic nitrogens is 1. The first-order valence-corrected chi connectivity index (χ1v) is 9.02. The summed E-state index contributed by atoms with van der Waals surface area (Å²) in [4.78, 5) is 18.1. The van der Waals surface area contributed by atoms with Gasteiger partial charge in [-0.25, -0.2) is 9.37 Å². The summed E-state index contributed by atoms with van der Waals surface area (Å²) in [6.45, 7) is 4.17. The standard InChI is InChI=1S/C20H19FN2OS/c1-3-4-17-18(14-7-5-13(2)6-8-14)22-20(25-17)23-19(24)15-9-11-16(21)12-10-15/h5-12H,3-4H2,1-2H3,(H,22,23,24). The zero-order valence-corrected chi connectivity index (χ0v) is 15.0. The highest BCUT2D eigenvalue weighted by Crippen LogP contribution is 2.32. The second-order valence-electron chi connectivity index (χ2n) is 5.87. The number of benzene rings is 2. The number of carbonyl (C=O) groups is 1. The SMILES string of the molecule is CCCc1sc(NC(=O)c2ccc(F)cc2)nc1-c1ccc(C)cc1. The molecule has 5 heteroatoms. The molecule has 3 aromatic rings. The van der Waals surface area contributed by atoms with Crippen molar-refractivity contribution in [2.45, 2.75) is 26.7 Å². The normalized spacial score (nSPS) is 10.7. The van der Waals surface area contributed by atoms with Crippen molar-refractivity contribution < 1.29 is 9.18 Å². The van der Waals surface area contributed by atoms with Crippen molar-refractivity contribution in [1.82, 2.24) is 4.98 Å². The van der Waals surface area contributed by atoms with Crippen LogP contribution >= 0.6 is 11.3 Å². The Morgan fingerprint density at radius 1 is 1.12 bits per heavy atom. The first kappa shape index (κ1) is 17.3. The van der Waals surface area contributed by atoms with E-state index < -0.39 is 0 Å². The van der Waals surface area contributed by atoms with E-state index in [-0.39, 0.29) is 11.7 Å². The lowest BCUT2D eigenvalue weighted by Gasteiger charge is -2.02. The number of amides is 1. The molecule has 1 aromatic heterocycles. The molecule has 128 valence electrons. The Hall–Kier alpha value is -2.53. The van der Waals surface area contributed by atoms with E-state index in [9.17, 15) is 9.18 Å². The van der Waals surface area contributed by atoms with Gasteiger partial charge in [0.2, 0.25) is 0 Å². The Morgan fingerprint density at radius 2 is 1.80 bits per heavy atom. The average molecular weight is 354 g/mol. The fourth-order valence-corrected chi connectivity index (χ4v) is 3.59. The second-order valence-corrected chi connectivity index (χ2v) is 6.95. The molecule has 0 spiro atoms. The molecule has 0 radical (unpaired) electrons. The highest BCUT2D eigenvalue weighted by Gasteiger charge is 2.15. The summed E-state index contributed by atoms with van der Waals surface area (Å²) in [5.74, 6) is -0.648. The van der Waals surface area contributed by atoms with Crippen LogP contribution in [0, 0.1) is 12.7 Å². The molecule has 0 saturated carbocycles. The molecule has 0 atom stereocenters. The van der Waals surface area contributed by atoms with Crippen LogP contribution in [-0.4, -0.2) is 10.9 Å². The molecule has 0 aliphatic carbocycles. The largest absolute Gasteiger partial charge is 0.298 e. The molecule has 0 unspecified atom stereocenters. The highest BCUT2D eigenvalue weighted by molar-refractivity contribution is 7.16. The zero-order valence-electron chi connectivity index (χ0n) is 14.2. The maximum Gasteiger partial charge on any atom is 0.257 e. The Balaban J connectivity index is 1.87. The number of nitrogens with zero attached hydrogens (tertiary/aromatic N) is 1. The molecule has 0 aliphatic rings. The van der Waals surface area contributed by atoms with E-state index in [1.165, 1.54) is 41.2 Å². The lowest BCUT2D eigenvalue weighted by atomic mass is 10.1. The Bertz CT molecular complexity index is 870. The van der Waals surface area contributed by atoms with Crippen molar-refractivity contribution in [2.24, 2.45) is 0 Å². The smallest absolute Gasteiger partial charge is 0.257 e. The quantitative estimate of drug-likeness (QED) is 0.661. The number of hydrogen-bond donors (Lipinski definition) is 1. The van der Waals surface area contributed by atoms with E-state index >= 15 is 0 Å². The van der Waals surface area contributed by atoms with Gasteiger partial charge in [0.1, 0.15) is 5.82 Å². The summed E-state index contributed by atoms with van der Waals surface area (Å²) in [5.41, 5.74) is 3.57. The fourth-order valence-electron chi connectivity index (χ4n) is 2.51. The van der Waals surface area contributed by atoms with Crippen LogP contribution in [0.2, 0.25) is 0 Å². The lowest BCUT2D eigenvalue weighted by Crippen LogP contribution is -2.11. The number of aryl methyl sites for hydroxylation is 2. The van der Waals surface area contributed by atoms with Gasteiger partial charge in [-0.2, -0.15) is 0 Å². The summed E-state index contributed by atoms with van der Waals surface area (Å²) in [6, 6.07) is 13.7. The minimum Gasteiger partial charge on any atom is -0.298 e. The maximum absolute atomic E-state index is 13.0. The van der Waals surface area contributed by atoms with Crippen molar-refractivity contribution in [2.75, 3.05) is 5.32 Å². The number of hydrogen-bond acceptors (Lipinski definition) is 3. The lowest BCUT2D eigenvalue weighted by molar-refractivity contribution is 0.102. The number of halogens is 1. The van der Waals surface area contributed by atoms with Crippen LogP contribution in [0.5, 0.6) is 0 Å². The van der Waals surface area contributed by atoms with Crippen LogP contribution < -0.4 is 5.32 Å². The fraction of sp³-hybridized carbons (Fsp3) is 0.200. The minimum absolute atomic E-state index is 0.285. The summed E-state index contributed by atoms with van der Waals surface area (Å²) in [7, 11) is 0. The van der Waals surface area contributed by atoms with Gasteiger partial charge in [0.05, 0.1) is 5.69 Å². The topological polar surface area (TPSA) is 42.0 Å². The summed E-state index contributed by atoms with van der Waals surface area (Å²) in [5, 5.41) is 3.39. The number of nitrogens with one attached hydrogen (secondary N) is 1. The Labute approximate surface area is 150 Å². The molecular formula is C20H19FN2OS. The van der Waals surface area contributed by atoms with E-state index in [2.05, 4.69) is 41.5 Å². The summed E-state index contributed by atoms with van der Waals surface area (Å²) >= 11 is 1.49. The van der Waals surface area contributed by atoms with Crippen molar-refractivity contribution >= 4 is 22.4 Å². The predicted molar refractivity (Wildman–Crippen MR) is 101 cm³/mol. The van der Waals surface area contributed by atoms with Crippen molar-refractivity contribution in [3.63, 3.8) is 0 Å². The molecule has 0 fully saturated rings. The van der Waals surface area contributed by atoms with Crippen LogP contribution in [0.15, 0.2) is 48.5 Å². The van der Waals surface area contributed by atoms with Gasteiger partial charge < -0.3 is 0 Å². The molecule has 3 rings (SSSR count). The van der Waals surface area contributed by atoms with Gasteiger partial charge in [0, 0.05) is 16.0 Å². The maximum atomic E-state index is 13.0. The van der Waals surface area contributed by atoms with Gasteiger partial charge >= 0.3 is 0 Å². The molecule has 0 aliphatic heterocycles. The van der Waals surface area contributed by atoms with E-state index in [1.54, 1.807) is 0 Å². The third kappa shape index (κ3) is 4.12. The number of carbonyl (C=O) groups excluding carboxylic acids is 1. The number of thiazole rings is 1. The summed E-state index contributed by atoms with van der Waals surface area (Å²) in [6.07, 6.45) is 1.92. The van der Waals surface area contributed by atoms with Crippen LogP contribution in [-0.2, 0) is 6.42 Å². The van der Waals surface area contributed by atoms with Crippen LogP contribution in [0.1, 0.15) is 34.1 Å². The van der Waals surface area contributed by atoms with Gasteiger partial charge in [0.25, 0.3) is 5.91 Å². The average Bonchev–Trinajstić information content (AvgIpc) is 2.99. The van der Waals surface area contributed by atoms with Crippen LogP contribution in [0.3, 0.4) is 0 Å². The van der Waals surface area contributed by atoms with Gasteiger partial charge in [-0.05, 0) is 37.6 Å². The first-order chi connectivity index (χ1) is 12.1. The van der Waals surface area contributed by atoms with Crippen molar-refractivity contribution in [3.8, 4) is 11.3 Å². The Kier molecular flexibility index (Phi) is 5.24. The molecule has 0 bridgehead atoms. The molecule has 1 heterocycles. The predicted octanol–water partition coefficient (Wildman–Crippen LogP) is 5.46. The molecular weight excluding hydrogens is 335 g/mol. The van der Waals surface area contributed by atoms with Gasteiger partial charge in [-0.1, -0.05) is 43.2 Å². The van der Waals surface area contributed by atoms with E-state index in [4.69, 9.17) is 0 Å². The number of anilines is 1. The number of rotatable bonds is 5. The van der Waals surface area contributed by atoms with E-state index in [0.717, 1.165) is 29.0 Å². The van der Waals surface area contributed by atoms with Gasteiger partial charge in [0.15, 0.2) is 5.13 Å². The molecule has 2 aromatic carbocycles. The van der Waals surface area contributed by atoms with Crippen molar-refractivity contribution in [3.05, 3.63) is 70.4 Å². The molecule has 0 saturated heterocycles. The third-order valence-electron chi connectivity index (χ3n) is 3.83. The van der Waals surface area contributed by atoms with Gasteiger partial charge in [-0.15, -0.1) is 11.3 Å². The van der Waals surface area contributed by atoms with E-state index in [0.29, 0.717) is 10.7 Å². The summed E-state index contributed by atoms with van der Waals surface area (Å²) < 4.78 is 13.0. The molecule has 1 N–H and O–H groups in total. The zero-order chi connectivity index (χ0) is 17.8. The van der Waals surface area contributed by atoms with Crippen molar-refractivity contribution in [1.29, 1.82) is 0 Å². The van der Waals surface area contributed by atoms with Crippen LogP contribution in [0.4, 0.5) is 9.52 Å². The van der Waals surface area contributed by atoms with Gasteiger partial charge in [-0.3, -0.25) is 10.1 Å². The minimum atomic E-state index is -0.363. The van der Waals surface area contributed by atoms with Crippen LogP contribution in [0.25, 0.3) is 11.3 Å². The molecule has 3 nitrogen and oxygen atoms in total. The first-order valence-electron chi connectivity index (χ1n) is 8.20. The third-order valence-corrected chi connectivity index (χ3v) is 4.86. The van der Waals surface area contributed by atoms with E-state index in [1.807, 2.05) is 6.92 Å².